The van der Waals surface area contributed by atoms with E-state index < -0.39 is 8.69 Å². The maximum absolute atomic E-state index is 10.9. The summed E-state index contributed by atoms with van der Waals surface area (Å²) >= 11 is 0. The number of rotatable bonds is 2. The van der Waals surface area contributed by atoms with Crippen molar-refractivity contribution >= 4 is 15.0 Å². The van der Waals surface area contributed by atoms with Crippen LogP contribution in [0.25, 0.3) is 11.1 Å². The van der Waals surface area contributed by atoms with Crippen molar-refractivity contribution in [1.82, 2.24) is 0 Å². The first kappa shape index (κ1) is 19.8. The van der Waals surface area contributed by atoms with Crippen LogP contribution in [0.4, 0.5) is 0 Å². The molecule has 0 bridgehead atoms. The molecular formula is C16H16LiO3P. The second-order valence-corrected chi connectivity index (χ2v) is 4.56. The predicted octanol–water partition coefficient (Wildman–Crippen LogP) is 0.926. The molecule has 104 valence electrons. The van der Waals surface area contributed by atoms with Gasteiger partial charge in [-0.15, -0.1) is 16.7 Å². The van der Waals surface area contributed by atoms with Gasteiger partial charge in [0.1, 0.15) is 0 Å². The first-order chi connectivity index (χ1) is 9.56. The molecule has 3 nitrogen and oxygen atoms in total. The molecule has 0 amide bonds. The van der Waals surface area contributed by atoms with Gasteiger partial charge in [-0.05, 0) is 12.5 Å². The summed E-state index contributed by atoms with van der Waals surface area (Å²) in [7, 11) is -0.833. The van der Waals surface area contributed by atoms with Crippen molar-refractivity contribution in [3.05, 3.63) is 58.7 Å². The summed E-state index contributed by atoms with van der Waals surface area (Å²) in [5.74, 6) is 0. The Balaban J connectivity index is 0.000000922. The molecule has 5 heteroatoms. The zero-order valence-electron chi connectivity index (χ0n) is 12.7. The molecule has 21 heavy (non-hydrogen) atoms. The van der Waals surface area contributed by atoms with E-state index in [0.29, 0.717) is 5.56 Å². The number of hydrogen-bond acceptors (Lipinski definition) is 2. The molecule has 0 spiro atoms. The molecule has 0 radical (unpaired) electrons. The van der Waals surface area contributed by atoms with Gasteiger partial charge in [0, 0.05) is 0 Å². The van der Waals surface area contributed by atoms with Crippen LogP contribution >= 0.6 is 8.69 Å². The van der Waals surface area contributed by atoms with Crippen LogP contribution in [0.1, 0.15) is 22.3 Å². The van der Waals surface area contributed by atoms with Crippen LogP contribution in [0.5, 0.6) is 0 Å². The van der Waals surface area contributed by atoms with E-state index in [4.69, 9.17) is 9.46 Å². The summed E-state index contributed by atoms with van der Waals surface area (Å²) in [4.78, 5) is 17.9. The van der Waals surface area contributed by atoms with Gasteiger partial charge in [0.25, 0.3) is 0 Å². The van der Waals surface area contributed by atoms with Crippen molar-refractivity contribution in [2.45, 2.75) is 20.8 Å². The van der Waals surface area contributed by atoms with Gasteiger partial charge in [0.15, 0.2) is 0 Å². The summed E-state index contributed by atoms with van der Waals surface area (Å²) in [5.41, 5.74) is 6.35. The molecule has 0 aliphatic rings. The van der Waals surface area contributed by atoms with Gasteiger partial charge in [-0.25, -0.2) is 4.57 Å². The molecular weight excluding hydrogens is 278 g/mol. The molecule has 0 saturated carbocycles. The van der Waals surface area contributed by atoms with Crippen LogP contribution in [-0.2, 0) is 9.36 Å². The molecule has 0 aromatic heterocycles. The fourth-order valence-electron chi connectivity index (χ4n) is 2.07. The Morgan fingerprint density at radius 3 is 2.00 bits per heavy atom. The first-order valence-electron chi connectivity index (χ1n) is 6.07. The zero-order chi connectivity index (χ0) is 15.1. The molecule has 0 aliphatic carbocycles. The summed E-state index contributed by atoms with van der Waals surface area (Å²) in [5, 5.41) is 0. The predicted molar refractivity (Wildman–Crippen MR) is 80.7 cm³/mol. The molecule has 2 aromatic rings. The largest absolute Gasteiger partial charge is 1.00 e. The van der Waals surface area contributed by atoms with Crippen molar-refractivity contribution in [1.29, 1.82) is 0 Å². The van der Waals surface area contributed by atoms with E-state index in [1.165, 1.54) is 11.1 Å². The molecule has 0 heterocycles. The number of hydrogen-bond donors (Lipinski definition) is 1. The minimum atomic E-state index is -0.833. The van der Waals surface area contributed by atoms with Crippen LogP contribution < -0.4 is 18.9 Å². The van der Waals surface area contributed by atoms with Gasteiger partial charge in [0.05, 0.1) is 6.29 Å². The molecule has 0 saturated heterocycles. The van der Waals surface area contributed by atoms with E-state index in [-0.39, 0.29) is 18.9 Å². The van der Waals surface area contributed by atoms with Gasteiger partial charge in [-0.1, -0.05) is 55.3 Å². The Morgan fingerprint density at radius 2 is 1.52 bits per heavy atom. The monoisotopic (exact) mass is 294 g/mol. The summed E-state index contributed by atoms with van der Waals surface area (Å²) < 4.78 is 8.46. The van der Waals surface area contributed by atoms with Gasteiger partial charge < -0.3 is 9.69 Å². The summed E-state index contributed by atoms with van der Waals surface area (Å²) in [6.07, 6.45) is 2.02. The molecule has 2 rings (SSSR count). The summed E-state index contributed by atoms with van der Waals surface area (Å²) in [6, 6.07) is 12.1. The minimum absolute atomic E-state index is 0. The third-order valence-corrected chi connectivity index (χ3v) is 3.42. The quantitative estimate of drug-likeness (QED) is 0.509. The van der Waals surface area contributed by atoms with Crippen LogP contribution in [0.3, 0.4) is 0 Å². The normalized spacial score (nSPS) is 9.33. The fraction of sp³-hybridized carbons (Fsp3) is 0.188. The van der Waals surface area contributed by atoms with Gasteiger partial charge >= 0.3 is 27.5 Å². The molecule has 2 aromatic carbocycles. The van der Waals surface area contributed by atoms with E-state index in [9.17, 15) is 4.79 Å². The molecule has 0 fully saturated rings. The fourth-order valence-corrected chi connectivity index (χ4v) is 2.07. The standard InChI is InChI=1S/C16H15O.Li.HO2P/c1-11-12(2)15(10-17)9-16(13(11)3)14-7-5-4-6-8-14;;1-3-2/h4-9H,1-3H3;;(H,1,2)/q-1;+1;. The van der Waals surface area contributed by atoms with Crippen molar-refractivity contribution in [2.75, 3.05) is 0 Å². The molecule has 0 unspecified atom stereocenters. The van der Waals surface area contributed by atoms with Crippen molar-refractivity contribution < 1.29 is 33.1 Å². The van der Waals surface area contributed by atoms with Gasteiger partial charge in [-0.3, -0.25) is 0 Å². The Morgan fingerprint density at radius 1 is 1.00 bits per heavy atom. The Hall–Kier alpha value is -1.23. The zero-order valence-corrected chi connectivity index (χ0v) is 13.6. The van der Waals surface area contributed by atoms with E-state index in [2.05, 4.69) is 26.0 Å². The van der Waals surface area contributed by atoms with Crippen molar-refractivity contribution in [3.8, 4) is 11.1 Å². The van der Waals surface area contributed by atoms with E-state index in [1.807, 2.05) is 37.5 Å². The number of carbonyl (C=O) groups excluding carboxylic acids is 1. The average molecular weight is 294 g/mol. The second kappa shape index (κ2) is 9.66. The third-order valence-electron chi connectivity index (χ3n) is 3.42. The van der Waals surface area contributed by atoms with E-state index >= 15 is 0 Å². The van der Waals surface area contributed by atoms with Crippen LogP contribution in [0, 0.1) is 20.8 Å². The maximum Gasteiger partial charge on any atom is 1.00 e. The molecule has 1 N–H and O–H groups in total. The SMILES string of the molecule is Cc1c([C-]=O)cc(-c2ccccc2)c(C)c1C.O=PO.[Li+]. The average Bonchev–Trinajstić information content (AvgIpc) is 2.47. The van der Waals surface area contributed by atoms with Crippen LogP contribution in [0.2, 0.25) is 0 Å². The Kier molecular flexibility index (Phi) is 9.09. The maximum atomic E-state index is 10.9. The third kappa shape index (κ3) is 4.91. The molecule has 0 aliphatic heterocycles. The minimum Gasteiger partial charge on any atom is -0.376 e. The Labute approximate surface area is 138 Å². The molecule has 0 atom stereocenters. The van der Waals surface area contributed by atoms with Crippen LogP contribution in [-0.4, -0.2) is 11.2 Å². The van der Waals surface area contributed by atoms with Crippen LogP contribution in [0.15, 0.2) is 36.4 Å². The van der Waals surface area contributed by atoms with Crippen molar-refractivity contribution in [3.63, 3.8) is 0 Å². The van der Waals surface area contributed by atoms with E-state index in [1.54, 1.807) is 0 Å². The second-order valence-electron chi connectivity index (χ2n) is 4.40. The first-order valence-corrected chi connectivity index (χ1v) is 6.84. The van der Waals surface area contributed by atoms with Crippen molar-refractivity contribution in [2.24, 2.45) is 0 Å². The Bertz CT molecular complexity index is 613. The smallest absolute Gasteiger partial charge is 0.376 e. The van der Waals surface area contributed by atoms with Gasteiger partial charge in [0.2, 0.25) is 0 Å². The number of benzene rings is 2. The van der Waals surface area contributed by atoms with Gasteiger partial charge in [-0.2, -0.15) is 6.07 Å². The van der Waals surface area contributed by atoms with E-state index in [0.717, 1.165) is 16.7 Å². The summed E-state index contributed by atoms with van der Waals surface area (Å²) in [6.45, 7) is 6.12. The topological polar surface area (TPSA) is 54.4 Å².